The summed E-state index contributed by atoms with van der Waals surface area (Å²) >= 11 is 0. The summed E-state index contributed by atoms with van der Waals surface area (Å²) in [6, 6.07) is 14.6. The molecule has 0 unspecified atom stereocenters. The van der Waals surface area contributed by atoms with Crippen LogP contribution >= 0.6 is 0 Å². The van der Waals surface area contributed by atoms with E-state index in [-0.39, 0.29) is 5.91 Å². The van der Waals surface area contributed by atoms with Crippen LogP contribution in [0.25, 0.3) is 6.08 Å². The average molecular weight is 391 g/mol. The fourth-order valence-electron chi connectivity index (χ4n) is 4.11. The molecule has 1 amide bonds. The number of carbonyl (C=O) groups excluding carboxylic acids is 1. The molecule has 5 heteroatoms. The standard InChI is InChI=1S/C24H30N4O/c29-24(26-22-10-4-5-11-22)21-12-13-23(25-19-21)28-17-15-27(16-18-28)14-6-9-20-7-2-1-3-8-20/h1-3,6-9,12-13,19,22H,4-5,10-11,14-18H2,(H,26,29)/b9-6+. The van der Waals surface area contributed by atoms with E-state index in [4.69, 9.17) is 0 Å². The van der Waals surface area contributed by atoms with E-state index in [1.807, 2.05) is 18.2 Å². The SMILES string of the molecule is O=C(NC1CCCC1)c1ccc(N2CCN(C/C=C/c3ccccc3)CC2)nc1. The second-order valence-corrected chi connectivity index (χ2v) is 7.96. The molecular weight excluding hydrogens is 360 g/mol. The van der Waals surface area contributed by atoms with Crippen molar-refractivity contribution in [2.45, 2.75) is 31.7 Å². The van der Waals surface area contributed by atoms with Gasteiger partial charge in [-0.1, -0.05) is 55.3 Å². The molecule has 0 radical (unpaired) electrons. The summed E-state index contributed by atoms with van der Waals surface area (Å²) < 4.78 is 0. The smallest absolute Gasteiger partial charge is 0.253 e. The first-order valence-electron chi connectivity index (χ1n) is 10.7. The summed E-state index contributed by atoms with van der Waals surface area (Å²) in [5.41, 5.74) is 1.90. The molecule has 152 valence electrons. The number of hydrogen-bond acceptors (Lipinski definition) is 4. The predicted molar refractivity (Wildman–Crippen MR) is 118 cm³/mol. The van der Waals surface area contributed by atoms with Crippen LogP contribution in [0.2, 0.25) is 0 Å². The lowest BCUT2D eigenvalue weighted by molar-refractivity contribution is 0.0937. The van der Waals surface area contributed by atoms with E-state index < -0.39 is 0 Å². The normalized spacial score (nSPS) is 18.4. The van der Waals surface area contributed by atoms with Gasteiger partial charge in [-0.2, -0.15) is 0 Å². The van der Waals surface area contributed by atoms with Crippen molar-refractivity contribution in [2.75, 3.05) is 37.6 Å². The average Bonchev–Trinajstić information content (AvgIpc) is 3.28. The zero-order valence-electron chi connectivity index (χ0n) is 17.0. The Hall–Kier alpha value is -2.66. The molecule has 2 heterocycles. The fraction of sp³-hybridized carbons (Fsp3) is 0.417. The maximum absolute atomic E-state index is 12.4. The number of anilines is 1. The number of rotatable bonds is 6. The molecule has 1 saturated carbocycles. The van der Waals surface area contributed by atoms with Crippen LogP contribution in [0.15, 0.2) is 54.7 Å². The largest absolute Gasteiger partial charge is 0.354 e. The van der Waals surface area contributed by atoms with E-state index in [1.54, 1.807) is 6.20 Å². The van der Waals surface area contributed by atoms with Crippen molar-refractivity contribution < 1.29 is 4.79 Å². The van der Waals surface area contributed by atoms with Gasteiger partial charge in [0.15, 0.2) is 0 Å². The summed E-state index contributed by atoms with van der Waals surface area (Å²) in [5.74, 6) is 0.966. The van der Waals surface area contributed by atoms with Crippen LogP contribution in [0.4, 0.5) is 5.82 Å². The van der Waals surface area contributed by atoms with E-state index in [1.165, 1.54) is 18.4 Å². The quantitative estimate of drug-likeness (QED) is 0.819. The Morgan fingerprint density at radius 3 is 2.48 bits per heavy atom. The summed E-state index contributed by atoms with van der Waals surface area (Å²) in [5, 5.41) is 3.13. The van der Waals surface area contributed by atoms with Crippen molar-refractivity contribution in [3.8, 4) is 0 Å². The Kier molecular flexibility index (Phi) is 6.57. The van der Waals surface area contributed by atoms with Gasteiger partial charge in [0.05, 0.1) is 5.56 Å². The zero-order chi connectivity index (χ0) is 19.9. The van der Waals surface area contributed by atoms with Gasteiger partial charge in [0.2, 0.25) is 0 Å². The molecule has 1 aliphatic heterocycles. The third-order valence-corrected chi connectivity index (χ3v) is 5.87. The lowest BCUT2D eigenvalue weighted by Gasteiger charge is -2.34. The van der Waals surface area contributed by atoms with Gasteiger partial charge < -0.3 is 10.2 Å². The molecule has 2 fully saturated rings. The summed E-state index contributed by atoms with van der Waals surface area (Å²) in [6.45, 7) is 4.92. The van der Waals surface area contributed by atoms with E-state index in [0.717, 1.165) is 51.4 Å². The highest BCUT2D eigenvalue weighted by atomic mass is 16.1. The number of benzene rings is 1. The maximum atomic E-state index is 12.4. The molecule has 1 aliphatic carbocycles. The van der Waals surface area contributed by atoms with Crippen LogP contribution in [0.3, 0.4) is 0 Å². The van der Waals surface area contributed by atoms with Gasteiger partial charge in [-0.3, -0.25) is 9.69 Å². The number of aromatic nitrogens is 1. The lowest BCUT2D eigenvalue weighted by atomic mass is 10.2. The molecule has 29 heavy (non-hydrogen) atoms. The molecule has 1 saturated heterocycles. The first-order chi connectivity index (χ1) is 14.3. The Labute approximate surface area is 173 Å². The number of nitrogens with zero attached hydrogens (tertiary/aromatic N) is 3. The molecule has 2 aliphatic rings. The molecule has 1 aromatic carbocycles. The number of amides is 1. The highest BCUT2D eigenvalue weighted by molar-refractivity contribution is 5.94. The zero-order valence-corrected chi connectivity index (χ0v) is 17.0. The van der Waals surface area contributed by atoms with Crippen LogP contribution < -0.4 is 10.2 Å². The minimum Gasteiger partial charge on any atom is -0.354 e. The van der Waals surface area contributed by atoms with Crippen molar-refractivity contribution in [1.29, 1.82) is 0 Å². The van der Waals surface area contributed by atoms with Gasteiger partial charge in [-0.15, -0.1) is 0 Å². The topological polar surface area (TPSA) is 48.5 Å². The first kappa shape index (κ1) is 19.6. The van der Waals surface area contributed by atoms with E-state index in [9.17, 15) is 4.79 Å². The second kappa shape index (κ2) is 9.70. The third-order valence-electron chi connectivity index (χ3n) is 5.87. The third kappa shape index (κ3) is 5.45. The van der Waals surface area contributed by atoms with Crippen molar-refractivity contribution >= 4 is 17.8 Å². The van der Waals surface area contributed by atoms with Gasteiger partial charge >= 0.3 is 0 Å². The number of pyridine rings is 1. The predicted octanol–water partition coefficient (Wildman–Crippen LogP) is 3.59. The lowest BCUT2D eigenvalue weighted by Crippen LogP contribution is -2.46. The Morgan fingerprint density at radius 2 is 1.79 bits per heavy atom. The van der Waals surface area contributed by atoms with Gasteiger partial charge in [-0.25, -0.2) is 4.98 Å². The van der Waals surface area contributed by atoms with Gasteiger partial charge in [0.1, 0.15) is 5.82 Å². The summed E-state index contributed by atoms with van der Waals surface area (Å²) in [4.78, 5) is 21.7. The molecule has 0 spiro atoms. The highest BCUT2D eigenvalue weighted by Crippen LogP contribution is 2.19. The fourth-order valence-corrected chi connectivity index (χ4v) is 4.11. The Balaban J connectivity index is 1.24. The molecule has 5 nitrogen and oxygen atoms in total. The highest BCUT2D eigenvalue weighted by Gasteiger charge is 2.20. The number of piperazine rings is 1. The second-order valence-electron chi connectivity index (χ2n) is 7.96. The van der Waals surface area contributed by atoms with Crippen LogP contribution in [0.5, 0.6) is 0 Å². The first-order valence-corrected chi connectivity index (χ1v) is 10.7. The molecule has 4 rings (SSSR count). The van der Waals surface area contributed by atoms with Gasteiger partial charge in [-0.05, 0) is 30.5 Å². The number of nitrogens with one attached hydrogen (secondary N) is 1. The van der Waals surface area contributed by atoms with Crippen molar-refractivity contribution in [1.82, 2.24) is 15.2 Å². The minimum absolute atomic E-state index is 0.00553. The summed E-state index contributed by atoms with van der Waals surface area (Å²) in [7, 11) is 0. The van der Waals surface area contributed by atoms with Crippen molar-refractivity contribution in [3.05, 3.63) is 65.9 Å². The Morgan fingerprint density at radius 1 is 1.03 bits per heavy atom. The molecule has 1 aromatic heterocycles. The monoisotopic (exact) mass is 390 g/mol. The van der Waals surface area contributed by atoms with E-state index in [2.05, 4.69) is 56.5 Å². The van der Waals surface area contributed by atoms with E-state index >= 15 is 0 Å². The van der Waals surface area contributed by atoms with Crippen LogP contribution in [0.1, 0.15) is 41.6 Å². The number of hydrogen-bond donors (Lipinski definition) is 1. The molecule has 0 bridgehead atoms. The van der Waals surface area contributed by atoms with Gasteiger partial charge in [0.25, 0.3) is 5.91 Å². The molecular formula is C24H30N4O. The number of carbonyl (C=O) groups is 1. The van der Waals surface area contributed by atoms with Gasteiger partial charge in [0, 0.05) is 45.0 Å². The van der Waals surface area contributed by atoms with Crippen LogP contribution in [0, 0.1) is 0 Å². The Bertz CT molecular complexity index is 805. The molecule has 2 aromatic rings. The summed E-state index contributed by atoms with van der Waals surface area (Å²) in [6.07, 6.45) is 10.8. The minimum atomic E-state index is 0.00553. The molecule has 0 atom stereocenters. The maximum Gasteiger partial charge on any atom is 0.253 e. The van der Waals surface area contributed by atoms with E-state index in [0.29, 0.717) is 11.6 Å². The molecule has 1 N–H and O–H groups in total. The van der Waals surface area contributed by atoms with Crippen LogP contribution in [-0.4, -0.2) is 54.6 Å². The van der Waals surface area contributed by atoms with Crippen molar-refractivity contribution in [2.24, 2.45) is 0 Å². The van der Waals surface area contributed by atoms with Crippen LogP contribution in [-0.2, 0) is 0 Å². The van der Waals surface area contributed by atoms with Crippen molar-refractivity contribution in [3.63, 3.8) is 0 Å².